The van der Waals surface area contributed by atoms with E-state index in [1.165, 1.54) is 28.6 Å². The summed E-state index contributed by atoms with van der Waals surface area (Å²) in [5.74, 6) is 0.752. The summed E-state index contributed by atoms with van der Waals surface area (Å²) in [6.45, 7) is 11.0. The molecule has 0 bridgehead atoms. The van der Waals surface area contributed by atoms with E-state index < -0.39 is 15.5 Å². The maximum absolute atomic E-state index is 11.5. The van der Waals surface area contributed by atoms with E-state index in [4.69, 9.17) is 16.3 Å². The summed E-state index contributed by atoms with van der Waals surface area (Å²) in [4.78, 5) is 1.98. The Morgan fingerprint density at radius 3 is 2.45 bits per heavy atom. The van der Waals surface area contributed by atoms with Gasteiger partial charge < -0.3 is 9.64 Å². The smallest absolute Gasteiger partial charge is 0.209 e. The Bertz CT molecular complexity index is 1820. The fraction of sp³-hybridized carbons (Fsp3) is 0.333. The van der Waals surface area contributed by atoms with Crippen molar-refractivity contribution in [3.63, 3.8) is 0 Å². The third kappa shape index (κ3) is 5.98. The molecule has 0 amide bonds. The van der Waals surface area contributed by atoms with Crippen molar-refractivity contribution >= 4 is 44.1 Å². The van der Waals surface area contributed by atoms with Gasteiger partial charge in [-0.1, -0.05) is 49.2 Å². The SMILES string of the molecule is COc1ccc2c(c1)C(C)(C)C(=CC=C1CCCC(C=CC3=[N+](C)c4ccc(C)cc4C3(C)C)=C1Cl)N2/C=C/C=S(=O)(O)O. The van der Waals surface area contributed by atoms with E-state index in [1.807, 2.05) is 23.1 Å². The highest BCUT2D eigenvalue weighted by Gasteiger charge is 2.43. The van der Waals surface area contributed by atoms with Crippen molar-refractivity contribution in [1.29, 1.82) is 0 Å². The lowest BCUT2D eigenvalue weighted by Gasteiger charge is -2.25. The molecule has 0 saturated heterocycles. The van der Waals surface area contributed by atoms with E-state index in [0.717, 1.165) is 63.5 Å². The molecule has 2 aromatic carbocycles. The number of methoxy groups -OCH3 is 1. The zero-order valence-corrected chi connectivity index (χ0v) is 28.1. The number of halogens is 1. The second-order valence-corrected chi connectivity index (χ2v) is 14.5. The van der Waals surface area contributed by atoms with Crippen LogP contribution in [0.15, 0.2) is 94.9 Å². The number of hydrogen-bond donors (Lipinski definition) is 2. The molecule has 232 valence electrons. The first-order chi connectivity index (χ1) is 20.6. The number of ether oxygens (including phenoxy) is 1. The number of fused-ring (bicyclic) bond motifs is 2. The van der Waals surface area contributed by atoms with Gasteiger partial charge in [-0.05, 0) is 93.2 Å². The van der Waals surface area contributed by atoms with Crippen molar-refractivity contribution in [2.75, 3.05) is 19.1 Å². The Balaban J connectivity index is 1.51. The van der Waals surface area contributed by atoms with Crippen LogP contribution < -0.4 is 9.64 Å². The summed E-state index contributed by atoms with van der Waals surface area (Å²) < 4.78 is 38.0. The van der Waals surface area contributed by atoms with E-state index in [-0.39, 0.29) is 5.41 Å². The number of rotatable bonds is 6. The average molecular weight is 634 g/mol. The van der Waals surface area contributed by atoms with Gasteiger partial charge in [-0.3, -0.25) is 9.11 Å². The summed E-state index contributed by atoms with van der Waals surface area (Å²) in [6.07, 6.45) is 14.5. The van der Waals surface area contributed by atoms with Crippen LogP contribution in [0, 0.1) is 6.92 Å². The van der Waals surface area contributed by atoms with Crippen LogP contribution in [-0.4, -0.2) is 43.1 Å². The number of benzene rings is 2. The molecule has 0 unspecified atom stereocenters. The van der Waals surface area contributed by atoms with Crippen molar-refractivity contribution in [2.24, 2.45) is 0 Å². The molecule has 2 heterocycles. The third-order valence-electron chi connectivity index (χ3n) is 9.06. The molecular formula is C36H42ClN2O4S+. The van der Waals surface area contributed by atoms with E-state index >= 15 is 0 Å². The molecule has 2 N–H and O–H groups in total. The lowest BCUT2D eigenvalue weighted by Crippen LogP contribution is -2.26. The quantitative estimate of drug-likeness (QED) is 0.190. The molecule has 0 spiro atoms. The molecule has 0 aromatic heterocycles. The number of allylic oxidation sites excluding steroid dienone is 9. The van der Waals surface area contributed by atoms with Crippen LogP contribution in [0.3, 0.4) is 0 Å². The van der Waals surface area contributed by atoms with Gasteiger partial charge >= 0.3 is 0 Å². The monoisotopic (exact) mass is 633 g/mol. The molecule has 0 saturated carbocycles. The second kappa shape index (κ2) is 11.9. The van der Waals surface area contributed by atoms with Crippen molar-refractivity contribution in [3.05, 3.63) is 112 Å². The Morgan fingerprint density at radius 1 is 1.00 bits per heavy atom. The van der Waals surface area contributed by atoms with E-state index in [0.29, 0.717) is 0 Å². The number of nitrogens with zero attached hydrogens (tertiary/aromatic N) is 2. The van der Waals surface area contributed by atoms with Gasteiger partial charge in [-0.2, -0.15) is 4.58 Å². The molecular weight excluding hydrogens is 592 g/mol. The minimum Gasteiger partial charge on any atom is -0.497 e. The molecule has 1 aliphatic carbocycles. The van der Waals surface area contributed by atoms with Crippen molar-refractivity contribution in [1.82, 2.24) is 0 Å². The highest BCUT2D eigenvalue weighted by molar-refractivity contribution is 7.91. The van der Waals surface area contributed by atoms with E-state index in [1.54, 1.807) is 13.3 Å². The fourth-order valence-electron chi connectivity index (χ4n) is 6.61. The predicted molar refractivity (Wildman–Crippen MR) is 184 cm³/mol. The fourth-order valence-corrected chi connectivity index (χ4v) is 7.20. The van der Waals surface area contributed by atoms with E-state index in [9.17, 15) is 13.3 Å². The first-order valence-electron chi connectivity index (χ1n) is 14.8. The van der Waals surface area contributed by atoms with Crippen LogP contribution in [0.25, 0.3) is 0 Å². The normalized spacial score (nSPS) is 21.3. The largest absolute Gasteiger partial charge is 0.497 e. The average Bonchev–Trinajstić information content (AvgIpc) is 3.28. The van der Waals surface area contributed by atoms with Crippen molar-refractivity contribution < 1.29 is 22.6 Å². The van der Waals surface area contributed by atoms with Gasteiger partial charge in [0.15, 0.2) is 15.8 Å². The maximum Gasteiger partial charge on any atom is 0.209 e. The number of aryl methyl sites for hydroxylation is 1. The first kappa shape index (κ1) is 32.0. The Kier molecular flexibility index (Phi) is 8.64. The second-order valence-electron chi connectivity index (χ2n) is 12.8. The van der Waals surface area contributed by atoms with Gasteiger partial charge in [0.2, 0.25) is 5.69 Å². The minimum atomic E-state index is -4.01. The van der Waals surface area contributed by atoms with Crippen LogP contribution in [-0.2, 0) is 20.9 Å². The van der Waals surface area contributed by atoms with Crippen LogP contribution in [0.1, 0.15) is 63.6 Å². The standard InChI is InChI=1S/C36H41ClN2O4S/c1-24-12-16-30-28(22-24)35(2,3)32(38(30)6)18-13-25-10-8-11-26(34(25)37)14-19-33-36(4,5)29-23-27(43-7)15-17-31(29)39(33)20-9-21-44(40,41)42/h9,12-23H,8,10-11H2,1-7H3,(H-,40,41,42)/p+1/b20-9+. The summed E-state index contributed by atoms with van der Waals surface area (Å²) in [7, 11) is -0.234. The predicted octanol–water partition coefficient (Wildman–Crippen LogP) is 8.40. The molecule has 2 aromatic rings. The zero-order valence-electron chi connectivity index (χ0n) is 26.5. The molecule has 2 aliphatic heterocycles. The molecule has 6 nitrogen and oxygen atoms in total. The van der Waals surface area contributed by atoms with E-state index in [2.05, 4.69) is 88.7 Å². The number of hydrogen-bond acceptors (Lipinski definition) is 3. The summed E-state index contributed by atoms with van der Waals surface area (Å²) >= 11 is 7.08. The third-order valence-corrected chi connectivity index (χ3v) is 10.1. The maximum atomic E-state index is 11.5. The summed E-state index contributed by atoms with van der Waals surface area (Å²) in [5.41, 5.74) is 9.71. The van der Waals surface area contributed by atoms with Crippen LogP contribution in [0.5, 0.6) is 5.75 Å². The molecule has 5 rings (SSSR count). The Morgan fingerprint density at radius 2 is 1.75 bits per heavy atom. The summed E-state index contributed by atoms with van der Waals surface area (Å²) in [5, 5.41) is 1.67. The molecule has 3 aliphatic rings. The van der Waals surface area contributed by atoms with Crippen LogP contribution in [0.2, 0.25) is 0 Å². The summed E-state index contributed by atoms with van der Waals surface area (Å²) in [6, 6.07) is 12.5. The topological polar surface area (TPSA) is 73.0 Å². The van der Waals surface area contributed by atoms with Crippen molar-refractivity contribution in [2.45, 2.75) is 64.7 Å². The molecule has 0 atom stereocenters. The van der Waals surface area contributed by atoms with Gasteiger partial charge in [-0.15, -0.1) is 0 Å². The highest BCUT2D eigenvalue weighted by Crippen LogP contribution is 2.49. The van der Waals surface area contributed by atoms with Gasteiger partial charge in [0, 0.05) is 51.1 Å². The van der Waals surface area contributed by atoms with Crippen LogP contribution >= 0.6 is 11.6 Å². The Hall–Kier alpha value is -3.36. The molecule has 0 fully saturated rings. The lowest BCUT2D eigenvalue weighted by molar-refractivity contribution is -0.401. The molecule has 0 radical (unpaired) electrons. The number of anilines is 1. The highest BCUT2D eigenvalue weighted by atomic mass is 35.5. The van der Waals surface area contributed by atoms with Gasteiger partial charge in [-0.25, -0.2) is 4.21 Å². The minimum absolute atomic E-state index is 0.114. The Labute approximate surface area is 267 Å². The first-order valence-corrected chi connectivity index (χ1v) is 16.8. The van der Waals surface area contributed by atoms with Crippen LogP contribution in [0.4, 0.5) is 11.4 Å². The molecule has 8 heteroatoms. The van der Waals surface area contributed by atoms with Gasteiger partial charge in [0.1, 0.15) is 12.8 Å². The molecule has 44 heavy (non-hydrogen) atoms. The zero-order chi connectivity index (χ0) is 32.0. The lowest BCUT2D eigenvalue weighted by atomic mass is 9.80. The van der Waals surface area contributed by atoms with Gasteiger partial charge in [0.25, 0.3) is 0 Å². The van der Waals surface area contributed by atoms with Gasteiger partial charge in [0.05, 0.1) is 12.5 Å². The van der Waals surface area contributed by atoms with Crippen molar-refractivity contribution in [3.8, 4) is 5.75 Å².